The highest BCUT2D eigenvalue weighted by Crippen LogP contribution is 2.29. The van der Waals surface area contributed by atoms with Crippen LogP contribution in [0.25, 0.3) is 0 Å². The molecule has 702 valence electrons. The Kier molecular flexibility index (Phi) is 39.4. The highest BCUT2D eigenvalue weighted by Gasteiger charge is 2.23. The zero-order valence-electron chi connectivity index (χ0n) is 71.4. The fourth-order valence-electron chi connectivity index (χ4n) is 11.0. The van der Waals surface area contributed by atoms with Crippen LogP contribution in [0, 0.1) is 74.1 Å². The Hall–Kier alpha value is -20.3. The predicted octanol–water partition coefficient (Wildman–Crippen LogP) is 16.5. The van der Waals surface area contributed by atoms with E-state index in [0.717, 1.165) is 84.6 Å². The summed E-state index contributed by atoms with van der Waals surface area (Å²) in [5.74, 6) is -1.69. The number of carboxylic acids is 12. The van der Waals surface area contributed by atoms with Crippen LogP contribution in [0.4, 0.5) is 21.9 Å². The van der Waals surface area contributed by atoms with Crippen LogP contribution in [0.1, 0.15) is 184 Å². The van der Waals surface area contributed by atoms with Gasteiger partial charge in [0.1, 0.15) is 33.7 Å². The van der Waals surface area contributed by atoms with Gasteiger partial charge in [-0.15, -0.1) is 38.5 Å². The molecule has 0 heterocycles. The summed E-state index contributed by atoms with van der Waals surface area (Å²) in [5.41, 5.74) is 2.96. The Morgan fingerprint density at radius 1 is 0.241 bits per heavy atom. The fourth-order valence-corrected chi connectivity index (χ4v) is 12.5. The molecular weight excluding hydrogens is 1910 g/mol. The monoisotopic (exact) mass is 1970 g/mol. The van der Waals surface area contributed by atoms with Crippen LogP contribution >= 0.6 is 48.4 Å². The lowest BCUT2D eigenvalue weighted by Gasteiger charge is -2.12. The van der Waals surface area contributed by atoms with Gasteiger partial charge in [-0.25, -0.2) is 67.1 Å². The van der Waals surface area contributed by atoms with Crippen molar-refractivity contribution in [2.45, 2.75) is 4.90 Å². The van der Waals surface area contributed by atoms with Crippen molar-refractivity contribution >= 4 is 170 Å². The first-order valence-electron chi connectivity index (χ1n) is 38.6. The SMILES string of the molecule is C#Cc1cccc(C(=O)Oc2cc(C(=O)O)cc(C(=O)O)c2)c1.C#Cc1cccc(C(=O)Sc2cc(C(=O)O)cc(C(=O)O)c2)c1.C#Cc1cccc(C(=S)Nc2cc(C(=O)O)cc(C(=O)O)c2)c1.C#Cc1cccc(NC(=S)Nc2cc(C(=O)O)cc(C(=O)O)c2)c1.C#Cc1cccc(OC(=O)Oc2cc(C(=O)O)cc(C(=O)O)c2)c1.C#Cc1cccc(OC(=S)Oc2cc(C(=O)O)cc(C(=O)O)c2)c1. The summed E-state index contributed by atoms with van der Waals surface area (Å²) >= 11 is 16.1. The summed E-state index contributed by atoms with van der Waals surface area (Å²) in [6.07, 6.45) is 30.5. The number of nitrogens with one attached hydrogen (secondary N) is 3. The van der Waals surface area contributed by atoms with Gasteiger partial charge >= 0.3 is 89.0 Å². The average Bonchev–Trinajstić information content (AvgIpc) is 0.825. The number of thiocarbonyl (C=S) groups is 3. The van der Waals surface area contributed by atoms with Crippen molar-refractivity contribution in [2.24, 2.45) is 0 Å². The first kappa shape index (κ1) is 108. The topological polar surface area (TPSA) is 581 Å². The number of esters is 1. The minimum Gasteiger partial charge on any atom is -0.478 e. The second kappa shape index (κ2) is 51.6. The number of benzene rings is 12. The molecule has 0 unspecified atom stereocenters. The number of hydrogen-bond acceptors (Lipinski definition) is 24. The van der Waals surface area contributed by atoms with Crippen molar-refractivity contribution in [2.75, 3.05) is 16.0 Å². The third-order valence-electron chi connectivity index (χ3n) is 17.3. The third kappa shape index (κ3) is 34.3. The summed E-state index contributed by atoms with van der Waals surface area (Å²) in [4.78, 5) is 169. The number of hydrogen-bond donors (Lipinski definition) is 15. The van der Waals surface area contributed by atoms with Crippen LogP contribution in [0.5, 0.6) is 28.7 Å². The summed E-state index contributed by atoms with van der Waals surface area (Å²) in [6.45, 7) is 0. The molecule has 0 saturated carbocycles. The van der Waals surface area contributed by atoms with Gasteiger partial charge in [-0.3, -0.25) is 4.79 Å². The molecule has 12 rings (SSSR count). The molecule has 0 bridgehead atoms. The lowest BCUT2D eigenvalue weighted by Crippen LogP contribution is -2.19. The molecule has 0 saturated heterocycles. The zero-order valence-corrected chi connectivity index (χ0v) is 74.6. The molecule has 0 amide bonds. The fraction of sp³-hybridized carbons (Fsp3) is 0. The molecule has 0 spiro atoms. The normalized spacial score (nSPS) is 9.69. The van der Waals surface area contributed by atoms with E-state index >= 15 is 0 Å². The highest BCUT2D eigenvalue weighted by atomic mass is 32.2. The Morgan fingerprint density at radius 2 is 0.496 bits per heavy atom. The van der Waals surface area contributed by atoms with E-state index in [1.165, 1.54) is 66.7 Å². The van der Waals surface area contributed by atoms with Crippen molar-refractivity contribution < 1.29 is 157 Å². The number of terminal acetylenes is 6. The second-order valence-corrected chi connectivity index (χ2v) is 29.4. The van der Waals surface area contributed by atoms with Crippen molar-refractivity contribution in [1.82, 2.24) is 0 Å². The molecular formula is C102H63N3O32S4. The van der Waals surface area contributed by atoms with Gasteiger partial charge in [-0.2, -0.15) is 0 Å². The van der Waals surface area contributed by atoms with Gasteiger partial charge in [0.15, 0.2) is 5.11 Å². The van der Waals surface area contributed by atoms with Crippen LogP contribution in [0.2, 0.25) is 0 Å². The maximum absolute atomic E-state index is 12.2. The number of aromatic carboxylic acids is 12. The maximum Gasteiger partial charge on any atom is 0.519 e. The molecule has 0 radical (unpaired) electrons. The van der Waals surface area contributed by atoms with E-state index in [1.54, 1.807) is 115 Å². The molecule has 39 heteroatoms. The molecule has 0 atom stereocenters. The van der Waals surface area contributed by atoms with Crippen LogP contribution in [-0.2, 0) is 0 Å². The number of anilines is 3. The molecule has 0 aliphatic carbocycles. The molecule has 0 aliphatic rings. The molecule has 0 aliphatic heterocycles. The van der Waals surface area contributed by atoms with E-state index in [1.807, 2.05) is 0 Å². The van der Waals surface area contributed by atoms with Crippen LogP contribution in [0.15, 0.2) is 260 Å². The minimum atomic E-state index is -1.36. The Morgan fingerprint density at radius 3 is 0.858 bits per heavy atom. The van der Waals surface area contributed by atoms with Crippen molar-refractivity contribution in [3.63, 3.8) is 0 Å². The van der Waals surface area contributed by atoms with Gasteiger partial charge in [0, 0.05) is 78.7 Å². The third-order valence-corrected chi connectivity index (χ3v) is 18.9. The smallest absolute Gasteiger partial charge is 0.478 e. The average molecular weight is 1970 g/mol. The molecule has 141 heavy (non-hydrogen) atoms. The number of rotatable bonds is 24. The second-order valence-electron chi connectivity index (χ2n) is 27.2. The Balaban J connectivity index is 0.000000230. The first-order valence-corrected chi connectivity index (χ1v) is 40.7. The summed E-state index contributed by atoms with van der Waals surface area (Å²) in [5, 5.41) is 116. The molecule has 35 nitrogen and oxygen atoms in total. The van der Waals surface area contributed by atoms with E-state index in [9.17, 15) is 71.9 Å². The number of thioether (sulfide) groups is 1. The van der Waals surface area contributed by atoms with E-state index in [-0.39, 0.29) is 127 Å². The quantitative estimate of drug-likeness (QED) is 0.00667. The van der Waals surface area contributed by atoms with E-state index in [0.29, 0.717) is 60.9 Å². The molecule has 12 aromatic carbocycles. The van der Waals surface area contributed by atoms with E-state index in [2.05, 4.69) is 51.5 Å². The summed E-state index contributed by atoms with van der Waals surface area (Å²) in [6, 6.07) is 59.4. The first-order chi connectivity index (χ1) is 66.9. The van der Waals surface area contributed by atoms with Crippen LogP contribution in [0.3, 0.4) is 0 Å². The van der Waals surface area contributed by atoms with Gasteiger partial charge < -0.3 is 101 Å². The lowest BCUT2D eigenvalue weighted by molar-refractivity contribution is 0.0672. The molecule has 0 aromatic heterocycles. The summed E-state index contributed by atoms with van der Waals surface area (Å²) < 4.78 is 25.3. The van der Waals surface area contributed by atoms with Crippen LogP contribution in [-0.4, -0.2) is 165 Å². The molecule has 15 N–H and O–H groups in total. The number of carbonyl (C=O) groups is 15. The Labute approximate surface area is 816 Å². The van der Waals surface area contributed by atoms with Crippen LogP contribution < -0.4 is 39.6 Å². The van der Waals surface area contributed by atoms with E-state index in [4.69, 9.17) is 160 Å². The highest BCUT2D eigenvalue weighted by molar-refractivity contribution is 8.14. The predicted molar refractivity (Wildman–Crippen MR) is 519 cm³/mol. The maximum atomic E-state index is 12.2. The number of carbonyl (C=O) groups excluding carboxylic acids is 3. The van der Waals surface area contributed by atoms with Gasteiger partial charge in [-0.05, 0) is 230 Å². The van der Waals surface area contributed by atoms with Gasteiger partial charge in [-0.1, -0.05) is 96.3 Å². The van der Waals surface area contributed by atoms with Gasteiger partial charge in [0.25, 0.3) is 0 Å². The molecule has 0 fully saturated rings. The zero-order chi connectivity index (χ0) is 104. The van der Waals surface area contributed by atoms with Gasteiger partial charge in [0.05, 0.1) is 72.3 Å². The lowest BCUT2D eigenvalue weighted by atomic mass is 10.1. The Bertz CT molecular complexity index is 6510. The minimum absolute atomic E-state index is 0.0644. The largest absolute Gasteiger partial charge is 0.519 e. The van der Waals surface area contributed by atoms with E-state index < -0.39 is 83.8 Å². The van der Waals surface area contributed by atoms with Crippen molar-refractivity contribution in [1.29, 1.82) is 0 Å². The number of carboxylic acid groups (broad SMARTS) is 12. The van der Waals surface area contributed by atoms with Crippen molar-refractivity contribution in [3.05, 3.63) is 372 Å². The standard InChI is InChI=1S/C17H12N2O4S.C17H11NO4S.C17H10O7.C17H10O6S.C17H10O6.C17H10O5S/c1-2-10-4-3-5-13(6-10)18-17(24)19-14-8-11(15(20)21)7-12(9-14)16(22)23;1-2-10-4-3-5-11(6-10)15(23)18-14-8-12(16(19)20)7-13(9-14)17(21)22;1-2-10-4-3-5-13(6-10)23-17(22)24-14-8-11(15(18)19)7-12(9-14)16(20)21;1-2-10-4-3-5-13(6-10)22-17(24)23-14-8-11(15(18)19)7-12(9-14)16(20)21;2*1-2-10-4-3-5-11(6-10)17(22)23-14-8-12(15(18)19)7-13(9-14)16(20)21/h1,3-9H,(H,20,21)(H,22,23)(H2,18,19,24);1,3-9H,(H,18,23)(H,19,20)(H,21,22);2*1,3-9H,(H,18,19)(H,20,21);2*1,3-9H,(H,18,19)(H,20,21). The molecule has 12 aromatic rings. The van der Waals surface area contributed by atoms with Crippen molar-refractivity contribution in [3.8, 4) is 103 Å². The van der Waals surface area contributed by atoms with Gasteiger partial charge in [0.2, 0.25) is 5.12 Å². The summed E-state index contributed by atoms with van der Waals surface area (Å²) in [7, 11) is 0. The number of ether oxygens (including phenoxy) is 5.